The van der Waals surface area contributed by atoms with Crippen LogP contribution >= 0.6 is 0 Å². The first-order valence-corrected chi connectivity index (χ1v) is 18.8. The van der Waals surface area contributed by atoms with Crippen LogP contribution in [-0.2, 0) is 0 Å². The Balaban J connectivity index is 1.04. The van der Waals surface area contributed by atoms with Crippen LogP contribution in [0.4, 0.5) is 0 Å². The Kier molecular flexibility index (Phi) is 7.42. The lowest BCUT2D eigenvalue weighted by Crippen LogP contribution is -1.96. The molecule has 8 aromatic carbocycles. The van der Waals surface area contributed by atoms with Gasteiger partial charge in [0.25, 0.3) is 0 Å². The quantitative estimate of drug-likeness (QED) is 0.172. The van der Waals surface area contributed by atoms with E-state index in [9.17, 15) is 0 Å². The normalized spacial score (nSPS) is 11.6. The van der Waals surface area contributed by atoms with E-state index in [1.807, 2.05) is 18.2 Å². The molecule has 262 valence electrons. The van der Waals surface area contributed by atoms with E-state index in [-0.39, 0.29) is 0 Å². The summed E-state index contributed by atoms with van der Waals surface area (Å²) in [5, 5.41) is 4.38. The highest BCUT2D eigenvalue weighted by Gasteiger charge is 2.19. The molecule has 0 saturated heterocycles. The van der Waals surface area contributed by atoms with Crippen LogP contribution < -0.4 is 0 Å². The minimum Gasteiger partial charge on any atom is -0.456 e. The molecule has 0 fully saturated rings. The lowest BCUT2D eigenvalue weighted by Gasteiger charge is -2.10. The molecular formula is C51H32N4O. The molecule has 0 saturated carbocycles. The van der Waals surface area contributed by atoms with E-state index in [1.165, 1.54) is 38.6 Å². The molecule has 0 spiro atoms. The van der Waals surface area contributed by atoms with Crippen molar-refractivity contribution in [3.05, 3.63) is 194 Å². The third kappa shape index (κ3) is 5.37. The van der Waals surface area contributed by atoms with E-state index >= 15 is 0 Å². The monoisotopic (exact) mass is 716 g/mol. The third-order valence-corrected chi connectivity index (χ3v) is 10.8. The Hall–Kier alpha value is -7.63. The predicted molar refractivity (Wildman–Crippen MR) is 229 cm³/mol. The molecule has 56 heavy (non-hydrogen) atoms. The average Bonchev–Trinajstić information content (AvgIpc) is 3.82. The van der Waals surface area contributed by atoms with Crippen molar-refractivity contribution in [1.82, 2.24) is 19.5 Å². The van der Waals surface area contributed by atoms with Gasteiger partial charge in [0.05, 0.1) is 11.0 Å². The van der Waals surface area contributed by atoms with Gasteiger partial charge in [-0.3, -0.25) is 0 Å². The molecule has 0 radical (unpaired) electrons. The maximum Gasteiger partial charge on any atom is 0.164 e. The molecule has 0 atom stereocenters. The first-order valence-electron chi connectivity index (χ1n) is 18.8. The van der Waals surface area contributed by atoms with Gasteiger partial charge in [0.1, 0.15) is 17.5 Å². The molecule has 0 aliphatic heterocycles. The molecule has 0 bridgehead atoms. The zero-order chi connectivity index (χ0) is 37.0. The van der Waals surface area contributed by atoms with Crippen LogP contribution in [0.25, 0.3) is 106 Å². The minimum atomic E-state index is 0.601. The van der Waals surface area contributed by atoms with Crippen LogP contribution in [0.1, 0.15) is 0 Å². The first-order chi connectivity index (χ1) is 27.7. The minimum absolute atomic E-state index is 0.601. The SMILES string of the molecule is c1ccc(-c2ccc(-c3ncnc(-c4cccc5oc6cc(-n7c8ccc(-c9ccccc9)cc8c8ccc(-c9ccccc9)cc87)ccc6c45)n3)cc2)cc1. The number of furan rings is 1. The molecule has 0 aliphatic rings. The molecule has 0 unspecified atom stereocenters. The van der Waals surface area contributed by atoms with Gasteiger partial charge in [-0.2, -0.15) is 0 Å². The second-order valence-electron chi connectivity index (χ2n) is 14.1. The highest BCUT2D eigenvalue weighted by molar-refractivity contribution is 6.14. The number of aromatic nitrogens is 4. The van der Waals surface area contributed by atoms with Crippen molar-refractivity contribution in [3.8, 4) is 61.8 Å². The predicted octanol–water partition coefficient (Wildman–Crippen LogP) is 13.2. The van der Waals surface area contributed by atoms with Gasteiger partial charge >= 0.3 is 0 Å². The van der Waals surface area contributed by atoms with E-state index in [1.54, 1.807) is 6.33 Å². The van der Waals surface area contributed by atoms with E-state index in [0.29, 0.717) is 11.6 Å². The summed E-state index contributed by atoms with van der Waals surface area (Å²) in [6.45, 7) is 0. The summed E-state index contributed by atoms with van der Waals surface area (Å²) in [7, 11) is 0. The van der Waals surface area contributed by atoms with Gasteiger partial charge in [0.2, 0.25) is 0 Å². The highest BCUT2D eigenvalue weighted by Crippen LogP contribution is 2.40. The van der Waals surface area contributed by atoms with E-state index < -0.39 is 0 Å². The molecule has 3 aromatic heterocycles. The van der Waals surface area contributed by atoms with Crippen LogP contribution in [0.5, 0.6) is 0 Å². The Morgan fingerprint density at radius 3 is 1.70 bits per heavy atom. The van der Waals surface area contributed by atoms with Crippen molar-refractivity contribution >= 4 is 43.7 Å². The van der Waals surface area contributed by atoms with Crippen LogP contribution in [0.3, 0.4) is 0 Å². The fraction of sp³-hybridized carbons (Fsp3) is 0. The van der Waals surface area contributed by atoms with E-state index in [0.717, 1.165) is 55.3 Å². The smallest absolute Gasteiger partial charge is 0.164 e. The molecule has 11 aromatic rings. The molecular weight excluding hydrogens is 685 g/mol. The zero-order valence-corrected chi connectivity index (χ0v) is 30.2. The summed E-state index contributed by atoms with van der Waals surface area (Å²) in [6, 6.07) is 66.0. The van der Waals surface area contributed by atoms with Crippen molar-refractivity contribution in [2.75, 3.05) is 0 Å². The molecule has 5 nitrogen and oxygen atoms in total. The van der Waals surface area contributed by atoms with Crippen molar-refractivity contribution in [1.29, 1.82) is 0 Å². The molecule has 5 heteroatoms. The van der Waals surface area contributed by atoms with Crippen molar-refractivity contribution in [2.24, 2.45) is 0 Å². The van der Waals surface area contributed by atoms with Crippen molar-refractivity contribution in [3.63, 3.8) is 0 Å². The van der Waals surface area contributed by atoms with Crippen LogP contribution in [0.15, 0.2) is 199 Å². The molecule has 11 rings (SSSR count). The van der Waals surface area contributed by atoms with Gasteiger partial charge < -0.3 is 8.98 Å². The fourth-order valence-electron chi connectivity index (χ4n) is 8.07. The zero-order valence-electron chi connectivity index (χ0n) is 30.2. The van der Waals surface area contributed by atoms with Crippen molar-refractivity contribution in [2.45, 2.75) is 0 Å². The molecule has 3 heterocycles. The lowest BCUT2D eigenvalue weighted by molar-refractivity contribution is 0.668. The summed E-state index contributed by atoms with van der Waals surface area (Å²) in [5.41, 5.74) is 13.8. The van der Waals surface area contributed by atoms with E-state index in [2.05, 4.69) is 184 Å². The Labute approximate surface area is 322 Å². The standard InChI is InChI=1S/C51H32N4O/c1-4-11-33(12-5-1)36-19-21-37(22-20-36)50-52-32-53-51(54-50)43-17-10-18-47-49(43)42-27-25-40(31-48(42)56-47)55-45-28-24-38(34-13-6-2-7-14-34)29-44(45)41-26-23-39(30-46(41)55)35-15-8-3-9-16-35/h1-32H. The topological polar surface area (TPSA) is 56.7 Å². The number of hydrogen-bond donors (Lipinski definition) is 0. The average molecular weight is 717 g/mol. The van der Waals surface area contributed by atoms with Gasteiger partial charge in [-0.25, -0.2) is 15.0 Å². The van der Waals surface area contributed by atoms with Crippen molar-refractivity contribution < 1.29 is 4.42 Å². The summed E-state index contributed by atoms with van der Waals surface area (Å²) in [5.74, 6) is 1.22. The molecule has 0 N–H and O–H groups in total. The number of benzene rings is 8. The fourth-order valence-corrected chi connectivity index (χ4v) is 8.07. The second kappa shape index (κ2) is 13.0. The van der Waals surface area contributed by atoms with Crippen LogP contribution in [0, 0.1) is 0 Å². The van der Waals surface area contributed by atoms with Gasteiger partial charge in [0, 0.05) is 44.4 Å². The first kappa shape index (κ1) is 31.9. The van der Waals surface area contributed by atoms with Gasteiger partial charge in [-0.1, -0.05) is 146 Å². The van der Waals surface area contributed by atoms with Crippen LogP contribution in [-0.4, -0.2) is 19.5 Å². The third-order valence-electron chi connectivity index (χ3n) is 10.8. The highest BCUT2D eigenvalue weighted by atomic mass is 16.3. The number of rotatable bonds is 6. The van der Waals surface area contributed by atoms with Gasteiger partial charge in [0.15, 0.2) is 11.6 Å². The van der Waals surface area contributed by atoms with Gasteiger partial charge in [-0.05, 0) is 69.8 Å². The van der Waals surface area contributed by atoms with Crippen LogP contribution in [0.2, 0.25) is 0 Å². The second-order valence-corrected chi connectivity index (χ2v) is 14.1. The number of nitrogens with zero attached hydrogens (tertiary/aromatic N) is 4. The van der Waals surface area contributed by atoms with Gasteiger partial charge in [-0.15, -0.1) is 0 Å². The Morgan fingerprint density at radius 2 is 0.964 bits per heavy atom. The summed E-state index contributed by atoms with van der Waals surface area (Å²) < 4.78 is 8.99. The lowest BCUT2D eigenvalue weighted by atomic mass is 10.0. The maximum atomic E-state index is 6.63. The van der Waals surface area contributed by atoms with E-state index in [4.69, 9.17) is 9.40 Å². The Bertz CT molecular complexity index is 3220. The summed E-state index contributed by atoms with van der Waals surface area (Å²) >= 11 is 0. The number of fused-ring (bicyclic) bond motifs is 6. The number of hydrogen-bond acceptors (Lipinski definition) is 4. The summed E-state index contributed by atoms with van der Waals surface area (Å²) in [6.07, 6.45) is 1.59. The maximum absolute atomic E-state index is 6.63. The Morgan fingerprint density at radius 1 is 0.375 bits per heavy atom. The summed E-state index contributed by atoms with van der Waals surface area (Å²) in [4.78, 5) is 14.2. The molecule has 0 amide bonds. The largest absolute Gasteiger partial charge is 0.456 e. The molecule has 0 aliphatic carbocycles.